The number of amides is 1. The van der Waals surface area contributed by atoms with Gasteiger partial charge in [-0.3, -0.25) is 9.69 Å². The summed E-state index contributed by atoms with van der Waals surface area (Å²) in [5.41, 5.74) is 5.60. The number of hydrogen-bond acceptors (Lipinski definition) is 5. The number of nitrogens with two attached hydrogens (primary N) is 1. The van der Waals surface area contributed by atoms with Crippen LogP contribution in [0, 0.1) is 0 Å². The van der Waals surface area contributed by atoms with Crippen LogP contribution < -0.4 is 10.6 Å². The van der Waals surface area contributed by atoms with Crippen LogP contribution in [0.3, 0.4) is 0 Å². The van der Waals surface area contributed by atoms with E-state index in [1.807, 2.05) is 6.92 Å². The van der Waals surface area contributed by atoms with Gasteiger partial charge < -0.3 is 5.73 Å². The lowest BCUT2D eigenvalue weighted by molar-refractivity contribution is -0.126. The van der Waals surface area contributed by atoms with Gasteiger partial charge in [-0.15, -0.1) is 17.5 Å². The molecule has 7 nitrogen and oxygen atoms in total. The van der Waals surface area contributed by atoms with Crippen LogP contribution in [-0.2, 0) is 4.79 Å². The lowest BCUT2D eigenvalue weighted by atomic mass is 9.94. The maximum atomic E-state index is 11.3. The van der Waals surface area contributed by atoms with Gasteiger partial charge in [-0.1, -0.05) is 12.0 Å². The molecule has 0 bridgehead atoms. The maximum absolute atomic E-state index is 11.3. The van der Waals surface area contributed by atoms with Gasteiger partial charge in [0.2, 0.25) is 5.91 Å². The standard InChI is InChI=1S/C6H10N6O.ClH/c1-2-3-4(7)5(13)12(3)6-8-10-11-9-6;/h3-4H,2,7H2,1H3,(H,8,9,10,11);1H. The van der Waals surface area contributed by atoms with E-state index in [0.29, 0.717) is 5.95 Å². The highest BCUT2D eigenvalue weighted by molar-refractivity contribution is 6.03. The Balaban J connectivity index is 0.000000980. The molecule has 14 heavy (non-hydrogen) atoms. The monoisotopic (exact) mass is 218 g/mol. The fourth-order valence-corrected chi connectivity index (χ4v) is 1.51. The van der Waals surface area contributed by atoms with Gasteiger partial charge in [0, 0.05) is 0 Å². The predicted octanol–water partition coefficient (Wildman–Crippen LogP) is -0.926. The van der Waals surface area contributed by atoms with Crippen LogP contribution in [0.25, 0.3) is 0 Å². The summed E-state index contributed by atoms with van der Waals surface area (Å²) >= 11 is 0. The number of β-lactam (4-membered cyclic amide) rings is 1. The summed E-state index contributed by atoms with van der Waals surface area (Å²) in [7, 11) is 0. The minimum Gasteiger partial charge on any atom is -0.318 e. The first kappa shape index (κ1) is 10.9. The minimum atomic E-state index is -0.413. The highest BCUT2D eigenvalue weighted by Crippen LogP contribution is 2.24. The van der Waals surface area contributed by atoms with Gasteiger partial charge in [0.05, 0.1) is 6.04 Å². The van der Waals surface area contributed by atoms with E-state index < -0.39 is 6.04 Å². The number of rotatable bonds is 2. The van der Waals surface area contributed by atoms with Gasteiger partial charge in [0.1, 0.15) is 6.04 Å². The molecule has 0 spiro atoms. The molecule has 78 valence electrons. The third kappa shape index (κ3) is 1.34. The Morgan fingerprint density at radius 2 is 2.36 bits per heavy atom. The Labute approximate surface area is 86.4 Å². The van der Waals surface area contributed by atoms with Crippen molar-refractivity contribution >= 4 is 24.3 Å². The van der Waals surface area contributed by atoms with Crippen LogP contribution in [0.5, 0.6) is 0 Å². The Kier molecular flexibility index (Phi) is 3.02. The molecule has 2 heterocycles. The summed E-state index contributed by atoms with van der Waals surface area (Å²) in [5, 5.41) is 13.1. The molecule has 2 rings (SSSR count). The Bertz CT molecular complexity index is 314. The summed E-state index contributed by atoms with van der Waals surface area (Å²) in [6.45, 7) is 1.96. The van der Waals surface area contributed by atoms with Crippen LogP contribution >= 0.6 is 12.4 Å². The number of tetrazole rings is 1. The predicted molar refractivity (Wildman–Crippen MR) is 51.0 cm³/mol. The molecule has 1 saturated heterocycles. The van der Waals surface area contributed by atoms with E-state index in [1.165, 1.54) is 4.90 Å². The molecule has 3 N–H and O–H groups in total. The van der Waals surface area contributed by atoms with Crippen molar-refractivity contribution in [1.29, 1.82) is 0 Å². The van der Waals surface area contributed by atoms with E-state index >= 15 is 0 Å². The second-order valence-electron chi connectivity index (χ2n) is 2.92. The van der Waals surface area contributed by atoms with Gasteiger partial charge in [0.25, 0.3) is 5.95 Å². The molecular weight excluding hydrogens is 208 g/mol. The number of hydrogen-bond donors (Lipinski definition) is 2. The van der Waals surface area contributed by atoms with Gasteiger partial charge in [-0.25, -0.2) is 0 Å². The van der Waals surface area contributed by atoms with E-state index in [-0.39, 0.29) is 24.4 Å². The third-order valence-electron chi connectivity index (χ3n) is 2.24. The van der Waals surface area contributed by atoms with Crippen molar-refractivity contribution in [3.8, 4) is 0 Å². The van der Waals surface area contributed by atoms with Crippen molar-refractivity contribution in [1.82, 2.24) is 20.6 Å². The van der Waals surface area contributed by atoms with E-state index in [4.69, 9.17) is 5.73 Å². The van der Waals surface area contributed by atoms with Crippen molar-refractivity contribution in [3.63, 3.8) is 0 Å². The smallest absolute Gasteiger partial charge is 0.272 e. The average molecular weight is 219 g/mol. The van der Waals surface area contributed by atoms with E-state index in [0.717, 1.165) is 6.42 Å². The number of carbonyl (C=O) groups is 1. The number of halogens is 1. The molecule has 0 saturated carbocycles. The number of nitrogens with one attached hydrogen (secondary N) is 1. The molecule has 1 aliphatic heterocycles. The van der Waals surface area contributed by atoms with Crippen LogP contribution in [-0.4, -0.2) is 38.6 Å². The number of aromatic nitrogens is 4. The Morgan fingerprint density at radius 1 is 1.64 bits per heavy atom. The quantitative estimate of drug-likeness (QED) is 0.625. The normalized spacial score (nSPS) is 25.6. The zero-order valence-corrected chi connectivity index (χ0v) is 8.36. The average Bonchev–Trinajstić information content (AvgIpc) is 2.64. The number of nitrogens with zero attached hydrogens (tertiary/aromatic N) is 4. The zero-order valence-electron chi connectivity index (χ0n) is 7.54. The number of carbonyl (C=O) groups excluding carboxylic acids is 1. The third-order valence-corrected chi connectivity index (χ3v) is 2.24. The number of H-pyrrole nitrogens is 1. The first-order valence-corrected chi connectivity index (χ1v) is 4.07. The van der Waals surface area contributed by atoms with Crippen molar-refractivity contribution in [2.24, 2.45) is 5.73 Å². The van der Waals surface area contributed by atoms with Crippen molar-refractivity contribution in [2.45, 2.75) is 25.4 Å². The summed E-state index contributed by atoms with van der Waals surface area (Å²) in [6, 6.07) is -0.409. The Hall–Kier alpha value is -1.21. The molecule has 1 fully saturated rings. The second-order valence-corrected chi connectivity index (χ2v) is 2.92. The lowest BCUT2D eigenvalue weighted by Gasteiger charge is -2.42. The Morgan fingerprint density at radius 3 is 2.86 bits per heavy atom. The van der Waals surface area contributed by atoms with Crippen LogP contribution in [0.2, 0.25) is 0 Å². The molecule has 0 radical (unpaired) electrons. The molecule has 8 heteroatoms. The molecule has 1 aromatic heterocycles. The molecule has 1 aliphatic rings. The number of aromatic amines is 1. The SMILES string of the molecule is CCC1C(N)C(=O)N1c1nn[nH]n1.Cl. The summed E-state index contributed by atoms with van der Waals surface area (Å²) in [5.74, 6) is 0.159. The van der Waals surface area contributed by atoms with Crippen molar-refractivity contribution < 1.29 is 4.79 Å². The second kappa shape index (κ2) is 3.89. The summed E-state index contributed by atoms with van der Waals surface area (Å²) in [4.78, 5) is 12.8. The molecule has 1 amide bonds. The van der Waals surface area contributed by atoms with Gasteiger partial charge in [0.15, 0.2) is 0 Å². The van der Waals surface area contributed by atoms with Crippen molar-refractivity contribution in [2.75, 3.05) is 4.90 Å². The summed E-state index contributed by atoms with van der Waals surface area (Å²) in [6.07, 6.45) is 0.793. The van der Waals surface area contributed by atoms with Crippen LogP contribution in [0.1, 0.15) is 13.3 Å². The molecule has 1 aromatic rings. The first-order chi connectivity index (χ1) is 6.25. The highest BCUT2D eigenvalue weighted by atomic mass is 35.5. The lowest BCUT2D eigenvalue weighted by Crippen LogP contribution is -2.69. The minimum absolute atomic E-state index is 0. The number of anilines is 1. The van der Waals surface area contributed by atoms with E-state index in [9.17, 15) is 4.79 Å². The first-order valence-electron chi connectivity index (χ1n) is 4.07. The van der Waals surface area contributed by atoms with Crippen LogP contribution in [0.15, 0.2) is 0 Å². The molecule has 2 atom stereocenters. The zero-order chi connectivity index (χ0) is 9.42. The summed E-state index contributed by atoms with van der Waals surface area (Å²) < 4.78 is 0. The van der Waals surface area contributed by atoms with Gasteiger partial charge in [-0.05, 0) is 11.6 Å². The van der Waals surface area contributed by atoms with Crippen LogP contribution in [0.4, 0.5) is 5.95 Å². The molecule has 0 aromatic carbocycles. The molecular formula is C6H11ClN6O. The van der Waals surface area contributed by atoms with Gasteiger partial charge in [-0.2, -0.15) is 5.21 Å². The highest BCUT2D eigenvalue weighted by Gasteiger charge is 2.46. The van der Waals surface area contributed by atoms with Gasteiger partial charge >= 0.3 is 0 Å². The largest absolute Gasteiger partial charge is 0.318 e. The topological polar surface area (TPSA) is 101 Å². The maximum Gasteiger partial charge on any atom is 0.272 e. The fraction of sp³-hybridized carbons (Fsp3) is 0.667. The van der Waals surface area contributed by atoms with E-state index in [1.54, 1.807) is 0 Å². The fourth-order valence-electron chi connectivity index (χ4n) is 1.51. The molecule has 0 aliphatic carbocycles. The van der Waals surface area contributed by atoms with Crippen molar-refractivity contribution in [3.05, 3.63) is 0 Å². The van der Waals surface area contributed by atoms with E-state index in [2.05, 4.69) is 20.6 Å². The molecule has 2 unspecified atom stereocenters.